The SMILES string of the molecule is CCCCC1=C2C(=C(c3cccs3)c3ccccc32)c2ccccc21. The van der Waals surface area contributed by atoms with Gasteiger partial charge in [0.2, 0.25) is 0 Å². The lowest BCUT2D eigenvalue weighted by atomic mass is 9.95. The summed E-state index contributed by atoms with van der Waals surface area (Å²) in [6.45, 7) is 2.28. The Labute approximate surface area is 153 Å². The summed E-state index contributed by atoms with van der Waals surface area (Å²) >= 11 is 1.85. The molecular formula is C24H20S. The topological polar surface area (TPSA) is 0 Å². The second kappa shape index (κ2) is 5.86. The molecule has 0 nitrogen and oxygen atoms in total. The number of benzene rings is 2. The quantitative estimate of drug-likeness (QED) is 0.473. The van der Waals surface area contributed by atoms with Crippen molar-refractivity contribution < 1.29 is 0 Å². The molecule has 3 aromatic rings. The first-order valence-electron chi connectivity index (χ1n) is 9.11. The Morgan fingerprint density at radius 3 is 1.96 bits per heavy atom. The van der Waals surface area contributed by atoms with Crippen molar-refractivity contribution in [2.75, 3.05) is 0 Å². The fourth-order valence-electron chi connectivity index (χ4n) is 4.29. The van der Waals surface area contributed by atoms with E-state index in [0.29, 0.717) is 0 Å². The van der Waals surface area contributed by atoms with E-state index in [9.17, 15) is 0 Å². The number of hydrogen-bond acceptors (Lipinski definition) is 1. The lowest BCUT2D eigenvalue weighted by molar-refractivity contribution is 0.825. The van der Waals surface area contributed by atoms with Gasteiger partial charge in [0, 0.05) is 10.5 Å². The molecule has 2 aliphatic carbocycles. The third-order valence-electron chi connectivity index (χ3n) is 5.34. The Bertz CT molecular complexity index is 1020. The van der Waals surface area contributed by atoms with E-state index in [-0.39, 0.29) is 0 Å². The molecule has 5 rings (SSSR count). The number of allylic oxidation sites excluding steroid dienone is 3. The Morgan fingerprint density at radius 2 is 1.32 bits per heavy atom. The predicted octanol–water partition coefficient (Wildman–Crippen LogP) is 7.14. The fraction of sp³-hybridized carbons (Fsp3) is 0.167. The predicted molar refractivity (Wildman–Crippen MR) is 109 cm³/mol. The third-order valence-corrected chi connectivity index (χ3v) is 6.22. The van der Waals surface area contributed by atoms with Crippen LogP contribution in [0.25, 0.3) is 22.3 Å². The van der Waals surface area contributed by atoms with Crippen LogP contribution in [-0.4, -0.2) is 0 Å². The van der Waals surface area contributed by atoms with Crippen LogP contribution in [0.1, 0.15) is 53.3 Å². The van der Waals surface area contributed by atoms with Crippen LogP contribution in [0.5, 0.6) is 0 Å². The van der Waals surface area contributed by atoms with Gasteiger partial charge in [0.1, 0.15) is 0 Å². The molecule has 0 amide bonds. The third kappa shape index (κ3) is 2.12. The lowest BCUT2D eigenvalue weighted by Gasteiger charge is -2.09. The molecule has 1 aromatic heterocycles. The van der Waals surface area contributed by atoms with Gasteiger partial charge in [0.25, 0.3) is 0 Å². The van der Waals surface area contributed by atoms with Crippen molar-refractivity contribution >= 4 is 33.6 Å². The van der Waals surface area contributed by atoms with E-state index in [0.717, 1.165) is 0 Å². The summed E-state index contributed by atoms with van der Waals surface area (Å²) in [6.07, 6.45) is 3.65. The first kappa shape index (κ1) is 14.9. The smallest absolute Gasteiger partial charge is 0.0355 e. The largest absolute Gasteiger partial charge is 0.144 e. The zero-order valence-corrected chi connectivity index (χ0v) is 15.2. The van der Waals surface area contributed by atoms with Crippen molar-refractivity contribution in [3.63, 3.8) is 0 Å². The van der Waals surface area contributed by atoms with Crippen molar-refractivity contribution in [3.8, 4) is 0 Å². The van der Waals surface area contributed by atoms with Crippen LogP contribution in [0.15, 0.2) is 66.0 Å². The lowest BCUT2D eigenvalue weighted by Crippen LogP contribution is -1.89. The van der Waals surface area contributed by atoms with E-state index >= 15 is 0 Å². The summed E-state index contributed by atoms with van der Waals surface area (Å²) in [5.41, 5.74) is 11.6. The summed E-state index contributed by atoms with van der Waals surface area (Å²) < 4.78 is 0. The van der Waals surface area contributed by atoms with Crippen molar-refractivity contribution in [2.45, 2.75) is 26.2 Å². The highest BCUT2D eigenvalue weighted by Crippen LogP contribution is 2.58. The number of rotatable bonds is 4. The number of fused-ring (bicyclic) bond motifs is 5. The van der Waals surface area contributed by atoms with Gasteiger partial charge in [-0.1, -0.05) is 67.9 Å². The molecule has 1 heteroatoms. The van der Waals surface area contributed by atoms with Gasteiger partial charge in [-0.3, -0.25) is 0 Å². The number of thiophene rings is 1. The van der Waals surface area contributed by atoms with Gasteiger partial charge < -0.3 is 0 Å². The highest BCUT2D eigenvalue weighted by atomic mass is 32.1. The van der Waals surface area contributed by atoms with Crippen LogP contribution in [0.2, 0.25) is 0 Å². The van der Waals surface area contributed by atoms with Crippen LogP contribution < -0.4 is 0 Å². The summed E-state index contributed by atoms with van der Waals surface area (Å²) in [5, 5.41) is 2.19. The molecule has 0 unspecified atom stereocenters. The van der Waals surface area contributed by atoms with Gasteiger partial charge in [-0.25, -0.2) is 0 Å². The second-order valence-corrected chi connectivity index (χ2v) is 7.72. The maximum Gasteiger partial charge on any atom is 0.0355 e. The summed E-state index contributed by atoms with van der Waals surface area (Å²) in [4.78, 5) is 1.38. The molecule has 122 valence electrons. The van der Waals surface area contributed by atoms with Gasteiger partial charge in [-0.2, -0.15) is 0 Å². The van der Waals surface area contributed by atoms with Gasteiger partial charge in [-0.05, 0) is 63.3 Å². The normalized spacial score (nSPS) is 14.8. The maximum absolute atomic E-state index is 2.31. The van der Waals surface area contributed by atoms with E-state index in [4.69, 9.17) is 0 Å². The molecule has 0 radical (unpaired) electrons. The molecule has 0 aliphatic heterocycles. The molecule has 0 saturated heterocycles. The van der Waals surface area contributed by atoms with Gasteiger partial charge in [0.05, 0.1) is 0 Å². The van der Waals surface area contributed by atoms with E-state index in [1.54, 1.807) is 5.57 Å². The Hall–Kier alpha value is -2.38. The van der Waals surface area contributed by atoms with E-state index in [1.807, 2.05) is 11.3 Å². The Kier molecular flexibility index (Phi) is 3.50. The molecule has 2 aromatic carbocycles. The summed E-state index contributed by atoms with van der Waals surface area (Å²) in [7, 11) is 0. The molecule has 0 fully saturated rings. The highest BCUT2D eigenvalue weighted by Gasteiger charge is 2.36. The van der Waals surface area contributed by atoms with Crippen LogP contribution in [0, 0.1) is 0 Å². The minimum Gasteiger partial charge on any atom is -0.144 e. The number of hydrogen-bond donors (Lipinski definition) is 0. The average Bonchev–Trinajstić information content (AvgIpc) is 3.35. The van der Waals surface area contributed by atoms with Crippen LogP contribution >= 0.6 is 11.3 Å². The van der Waals surface area contributed by atoms with E-state index in [2.05, 4.69) is 73.0 Å². The highest BCUT2D eigenvalue weighted by molar-refractivity contribution is 7.11. The Morgan fingerprint density at radius 1 is 0.680 bits per heavy atom. The zero-order valence-electron chi connectivity index (χ0n) is 14.4. The van der Waals surface area contributed by atoms with Gasteiger partial charge in [0.15, 0.2) is 0 Å². The van der Waals surface area contributed by atoms with E-state index < -0.39 is 0 Å². The molecule has 25 heavy (non-hydrogen) atoms. The number of unbranched alkanes of at least 4 members (excludes halogenated alkanes) is 1. The second-order valence-electron chi connectivity index (χ2n) is 6.78. The zero-order chi connectivity index (χ0) is 16.8. The molecular weight excluding hydrogens is 320 g/mol. The van der Waals surface area contributed by atoms with Crippen molar-refractivity contribution in [3.05, 3.63) is 93.2 Å². The molecule has 0 saturated carbocycles. The average molecular weight is 340 g/mol. The first-order chi connectivity index (χ1) is 12.4. The molecule has 0 atom stereocenters. The van der Waals surface area contributed by atoms with Crippen molar-refractivity contribution in [2.24, 2.45) is 0 Å². The van der Waals surface area contributed by atoms with Crippen LogP contribution in [-0.2, 0) is 0 Å². The maximum atomic E-state index is 2.31. The van der Waals surface area contributed by atoms with Crippen molar-refractivity contribution in [1.82, 2.24) is 0 Å². The van der Waals surface area contributed by atoms with Crippen LogP contribution in [0.3, 0.4) is 0 Å². The standard InChI is InChI=1S/C24H20S/c1-2-3-9-17-16-10-4-5-11-18(16)24-22(17)19-12-6-7-13-20(19)23(24)21-14-8-15-25-21/h4-8,10-15H,2-3,9H2,1H3. The monoisotopic (exact) mass is 340 g/mol. The van der Waals surface area contributed by atoms with Gasteiger partial charge >= 0.3 is 0 Å². The summed E-state index contributed by atoms with van der Waals surface area (Å²) in [5.74, 6) is 0. The minimum absolute atomic E-state index is 1.17. The molecule has 1 heterocycles. The Balaban J connectivity index is 1.87. The first-order valence-corrected chi connectivity index (χ1v) is 9.99. The fourth-order valence-corrected chi connectivity index (χ4v) is 5.08. The molecule has 0 N–H and O–H groups in total. The minimum atomic E-state index is 1.17. The van der Waals surface area contributed by atoms with Crippen LogP contribution in [0.4, 0.5) is 0 Å². The summed E-state index contributed by atoms with van der Waals surface area (Å²) in [6, 6.07) is 22.4. The van der Waals surface area contributed by atoms with E-state index in [1.165, 1.54) is 63.1 Å². The molecule has 0 bridgehead atoms. The van der Waals surface area contributed by atoms with Crippen molar-refractivity contribution in [1.29, 1.82) is 0 Å². The molecule has 0 spiro atoms. The molecule has 2 aliphatic rings. The van der Waals surface area contributed by atoms with Gasteiger partial charge in [-0.15, -0.1) is 11.3 Å².